The molecule has 0 aromatic rings. The van der Waals surface area contributed by atoms with Crippen LogP contribution >= 0.6 is 0 Å². The molecule has 0 aliphatic carbocycles. The van der Waals surface area contributed by atoms with Gasteiger partial charge in [-0.2, -0.15) is 5.06 Å². The first-order valence-electron chi connectivity index (χ1n) is 6.07. The molecular formula is C11H14FN3O6. The fraction of sp³-hybridized carbons (Fsp3) is 0.545. The molecule has 10 heteroatoms. The van der Waals surface area contributed by atoms with E-state index in [2.05, 4.69) is 10.2 Å². The third-order valence-corrected chi connectivity index (χ3v) is 3.22. The minimum atomic E-state index is -2.67. The summed E-state index contributed by atoms with van der Waals surface area (Å²) in [5, 5.41) is 20.0. The van der Waals surface area contributed by atoms with Crippen LogP contribution in [0.25, 0.3) is 0 Å². The topological polar surface area (TPSA) is 119 Å². The van der Waals surface area contributed by atoms with Crippen LogP contribution in [0.15, 0.2) is 11.6 Å². The highest BCUT2D eigenvalue weighted by atomic mass is 19.1. The van der Waals surface area contributed by atoms with Gasteiger partial charge >= 0.3 is 18.4 Å². The van der Waals surface area contributed by atoms with Crippen LogP contribution in [-0.2, 0) is 14.4 Å². The summed E-state index contributed by atoms with van der Waals surface area (Å²) >= 11 is 0. The van der Waals surface area contributed by atoms with Gasteiger partial charge in [0.25, 0.3) is 0 Å². The standard InChI is InChI=1S/C11H14FN3O6/c1-5-2-6-3-14(7(5)9(17)13-4-16)11(20)15(6)21-8(12)10(18)19/h2,6-8,16H,3-4H2,1H3,(H,13,17)(H,18,19)/t6-,7+,8+/m1/s1. The number of nitrogens with one attached hydrogen (secondary N) is 1. The summed E-state index contributed by atoms with van der Waals surface area (Å²) in [6, 6.07) is -2.43. The molecule has 0 spiro atoms. The molecule has 2 rings (SSSR count). The van der Waals surface area contributed by atoms with Gasteiger partial charge in [-0.3, -0.25) is 4.79 Å². The number of aliphatic hydroxyl groups is 1. The highest BCUT2D eigenvalue weighted by Crippen LogP contribution is 2.30. The monoisotopic (exact) mass is 303 g/mol. The summed E-state index contributed by atoms with van der Waals surface area (Å²) < 4.78 is 13.1. The average molecular weight is 303 g/mol. The molecule has 21 heavy (non-hydrogen) atoms. The minimum absolute atomic E-state index is 0.0615. The van der Waals surface area contributed by atoms with Crippen molar-refractivity contribution in [1.29, 1.82) is 0 Å². The number of hydrogen-bond donors (Lipinski definition) is 3. The highest BCUT2D eigenvalue weighted by Gasteiger charge is 2.48. The maximum absolute atomic E-state index is 13.1. The van der Waals surface area contributed by atoms with E-state index >= 15 is 0 Å². The van der Waals surface area contributed by atoms with E-state index in [1.54, 1.807) is 6.92 Å². The van der Waals surface area contributed by atoms with Crippen molar-refractivity contribution < 1.29 is 33.8 Å². The molecule has 2 heterocycles. The van der Waals surface area contributed by atoms with Crippen molar-refractivity contribution in [3.63, 3.8) is 0 Å². The molecule has 0 radical (unpaired) electrons. The quantitative estimate of drug-likeness (QED) is 0.433. The number of nitrogens with zero attached hydrogens (tertiary/aromatic N) is 2. The van der Waals surface area contributed by atoms with Gasteiger partial charge in [-0.05, 0) is 12.5 Å². The summed E-state index contributed by atoms with van der Waals surface area (Å²) in [7, 11) is 0. The molecule has 1 fully saturated rings. The molecule has 0 aromatic heterocycles. The second-order valence-electron chi connectivity index (χ2n) is 4.60. The first kappa shape index (κ1) is 15.2. The third-order valence-electron chi connectivity index (χ3n) is 3.22. The number of carboxylic acid groups (broad SMARTS) is 1. The third kappa shape index (κ3) is 2.67. The number of hydroxylamine groups is 2. The minimum Gasteiger partial charge on any atom is -0.477 e. The number of rotatable bonds is 5. The number of alkyl halides is 1. The van der Waals surface area contributed by atoms with Gasteiger partial charge in [0.2, 0.25) is 5.91 Å². The number of carbonyl (C=O) groups excluding carboxylic acids is 2. The lowest BCUT2D eigenvalue weighted by molar-refractivity contribution is -0.219. The van der Waals surface area contributed by atoms with Crippen LogP contribution in [0.3, 0.4) is 0 Å². The van der Waals surface area contributed by atoms with Crippen LogP contribution < -0.4 is 5.32 Å². The molecule has 9 nitrogen and oxygen atoms in total. The number of carbonyl (C=O) groups is 3. The van der Waals surface area contributed by atoms with Gasteiger partial charge in [0.15, 0.2) is 0 Å². The Balaban J connectivity index is 2.19. The number of fused-ring (bicyclic) bond motifs is 2. The lowest BCUT2D eigenvalue weighted by atomic mass is 10.0. The van der Waals surface area contributed by atoms with Gasteiger partial charge in [0.1, 0.15) is 12.8 Å². The van der Waals surface area contributed by atoms with Gasteiger partial charge in [-0.25, -0.2) is 18.8 Å². The molecule has 0 saturated carbocycles. The van der Waals surface area contributed by atoms with Gasteiger partial charge in [0, 0.05) is 0 Å². The molecule has 2 bridgehead atoms. The van der Waals surface area contributed by atoms with Crippen LogP contribution in [0.2, 0.25) is 0 Å². The molecule has 1 saturated heterocycles. The SMILES string of the molecule is CC1=C[C@@H]2CN(C(=O)N2O[C@H](F)C(=O)O)[C@@H]1C(=O)NCO. The fourth-order valence-electron chi connectivity index (χ4n) is 2.39. The molecule has 2 aliphatic rings. The lowest BCUT2D eigenvalue weighted by Crippen LogP contribution is -2.50. The number of urea groups is 1. The zero-order valence-corrected chi connectivity index (χ0v) is 11.0. The molecule has 3 amide bonds. The fourth-order valence-corrected chi connectivity index (χ4v) is 2.39. The number of amides is 3. The van der Waals surface area contributed by atoms with Crippen molar-refractivity contribution in [2.24, 2.45) is 0 Å². The Kier molecular flexibility index (Phi) is 4.09. The van der Waals surface area contributed by atoms with E-state index in [1.807, 2.05) is 0 Å². The second kappa shape index (κ2) is 5.66. The summed E-state index contributed by atoms with van der Waals surface area (Å²) in [6.45, 7) is 1.08. The number of carboxylic acids is 1. The van der Waals surface area contributed by atoms with E-state index in [-0.39, 0.29) is 6.54 Å². The number of halogens is 1. The highest BCUT2D eigenvalue weighted by molar-refractivity contribution is 5.91. The summed E-state index contributed by atoms with van der Waals surface area (Å²) in [4.78, 5) is 40.0. The molecular weight excluding hydrogens is 289 g/mol. The average Bonchev–Trinajstić information content (AvgIpc) is 2.64. The Morgan fingerprint density at radius 3 is 2.86 bits per heavy atom. The molecule has 3 atom stereocenters. The van der Waals surface area contributed by atoms with E-state index in [0.717, 1.165) is 4.90 Å². The van der Waals surface area contributed by atoms with Gasteiger partial charge in [0.05, 0.1) is 12.6 Å². The van der Waals surface area contributed by atoms with E-state index in [0.29, 0.717) is 10.6 Å². The summed E-state index contributed by atoms with van der Waals surface area (Å²) in [5.41, 5.74) is 0.516. The Morgan fingerprint density at radius 2 is 2.29 bits per heavy atom. The van der Waals surface area contributed by atoms with Crippen molar-refractivity contribution in [3.05, 3.63) is 11.6 Å². The van der Waals surface area contributed by atoms with Crippen LogP contribution in [-0.4, -0.2) is 69.8 Å². The number of hydrogen-bond acceptors (Lipinski definition) is 5. The lowest BCUT2D eigenvalue weighted by Gasteiger charge is -2.28. The van der Waals surface area contributed by atoms with Crippen molar-refractivity contribution in [2.75, 3.05) is 13.3 Å². The second-order valence-corrected chi connectivity index (χ2v) is 4.60. The maximum Gasteiger partial charge on any atom is 0.368 e. The van der Waals surface area contributed by atoms with E-state index < -0.39 is 43.1 Å². The normalized spacial score (nSPS) is 25.7. The molecule has 2 aliphatic heterocycles. The van der Waals surface area contributed by atoms with Crippen LogP contribution in [0.5, 0.6) is 0 Å². The van der Waals surface area contributed by atoms with Crippen LogP contribution in [0.4, 0.5) is 9.18 Å². The van der Waals surface area contributed by atoms with Gasteiger partial charge in [-0.15, -0.1) is 0 Å². The number of aliphatic hydroxyl groups excluding tert-OH is 1. The van der Waals surface area contributed by atoms with Crippen molar-refractivity contribution in [1.82, 2.24) is 15.3 Å². The number of aliphatic carboxylic acids is 1. The predicted octanol–water partition coefficient (Wildman–Crippen LogP) is -1.20. The zero-order valence-electron chi connectivity index (χ0n) is 11.0. The first-order chi connectivity index (χ1) is 9.86. The Bertz CT molecular complexity index is 510. The van der Waals surface area contributed by atoms with Crippen molar-refractivity contribution in [3.8, 4) is 0 Å². The molecule has 116 valence electrons. The summed E-state index contributed by atoms with van der Waals surface area (Å²) in [5.74, 6) is -2.44. The Hall–Kier alpha value is -2.20. The van der Waals surface area contributed by atoms with E-state index in [1.165, 1.54) is 6.08 Å². The van der Waals surface area contributed by atoms with E-state index in [4.69, 9.17) is 10.2 Å². The van der Waals surface area contributed by atoms with Crippen molar-refractivity contribution >= 4 is 17.9 Å². The molecule has 3 N–H and O–H groups in total. The van der Waals surface area contributed by atoms with Crippen molar-refractivity contribution in [2.45, 2.75) is 25.4 Å². The smallest absolute Gasteiger partial charge is 0.368 e. The summed E-state index contributed by atoms with van der Waals surface area (Å²) in [6.07, 6.45) is -1.15. The first-order valence-corrected chi connectivity index (χ1v) is 6.07. The maximum atomic E-state index is 13.1. The Labute approximate surface area is 118 Å². The van der Waals surface area contributed by atoms with Crippen LogP contribution in [0, 0.1) is 0 Å². The zero-order chi connectivity index (χ0) is 15.7. The van der Waals surface area contributed by atoms with Gasteiger partial charge < -0.3 is 20.4 Å². The molecule has 0 unspecified atom stereocenters. The molecule has 0 aromatic carbocycles. The van der Waals surface area contributed by atoms with Crippen LogP contribution in [0.1, 0.15) is 6.92 Å². The Morgan fingerprint density at radius 1 is 1.62 bits per heavy atom. The van der Waals surface area contributed by atoms with E-state index in [9.17, 15) is 18.8 Å². The predicted molar refractivity (Wildman–Crippen MR) is 64.1 cm³/mol. The largest absolute Gasteiger partial charge is 0.477 e. The van der Waals surface area contributed by atoms with Gasteiger partial charge in [-0.1, -0.05) is 6.08 Å².